The highest BCUT2D eigenvalue weighted by atomic mass is 79.9. The summed E-state index contributed by atoms with van der Waals surface area (Å²) in [4.78, 5) is 12.2. The Morgan fingerprint density at radius 1 is 1.00 bits per heavy atom. The van der Waals surface area contributed by atoms with Crippen LogP contribution < -0.4 is 10.2 Å². The van der Waals surface area contributed by atoms with Gasteiger partial charge in [0.25, 0.3) is 0 Å². The van der Waals surface area contributed by atoms with Gasteiger partial charge in [-0.25, -0.2) is 4.39 Å². The molecular weight excluding hydrogens is 391 g/mol. The maximum absolute atomic E-state index is 13.2. The van der Waals surface area contributed by atoms with Crippen LogP contribution in [0.1, 0.15) is 0 Å². The molecule has 25 heavy (non-hydrogen) atoms. The Labute approximate surface area is 152 Å². The Kier molecular flexibility index (Phi) is 5.83. The molecule has 0 fully saturated rings. The van der Waals surface area contributed by atoms with E-state index >= 15 is 0 Å². The monoisotopic (exact) mass is 406 g/mol. The molecular formula is C19H16BrFO4. The average Bonchev–Trinajstić information content (AvgIpc) is 2.62. The van der Waals surface area contributed by atoms with Crippen molar-refractivity contribution in [2.45, 2.75) is 0 Å². The number of hydrogen-bond acceptors (Lipinski definition) is 4. The zero-order valence-corrected chi connectivity index (χ0v) is 14.9. The Morgan fingerprint density at radius 2 is 1.80 bits per heavy atom. The van der Waals surface area contributed by atoms with E-state index in [1.165, 1.54) is 24.3 Å². The first-order valence-electron chi connectivity index (χ1n) is 7.78. The molecule has 130 valence electrons. The molecule has 0 aliphatic rings. The van der Waals surface area contributed by atoms with Gasteiger partial charge in [0, 0.05) is 17.0 Å². The minimum Gasteiger partial charge on any atom is -0.491 e. The molecule has 0 saturated heterocycles. The Morgan fingerprint density at radius 3 is 2.56 bits per heavy atom. The normalized spacial score (nSPS) is 11.0. The molecule has 2 aromatic carbocycles. The van der Waals surface area contributed by atoms with E-state index in [4.69, 9.17) is 13.9 Å². The standard InChI is InChI=1S/C19H16BrFO4/c20-7-8-23-9-10-24-15-4-1-13(2-5-15)19-12-17(22)16-11-14(21)3-6-18(16)25-19/h1-6,11-12H,7-10H2. The molecule has 4 nitrogen and oxygen atoms in total. The van der Waals surface area contributed by atoms with Crippen LogP contribution >= 0.6 is 15.9 Å². The van der Waals surface area contributed by atoms with E-state index in [2.05, 4.69) is 15.9 Å². The molecule has 0 amide bonds. The second kappa shape index (κ2) is 8.27. The number of ether oxygens (including phenoxy) is 2. The van der Waals surface area contributed by atoms with Crippen molar-refractivity contribution in [3.8, 4) is 17.1 Å². The minimum atomic E-state index is -0.464. The van der Waals surface area contributed by atoms with Gasteiger partial charge in [-0.3, -0.25) is 4.79 Å². The first-order chi connectivity index (χ1) is 12.2. The first-order valence-corrected chi connectivity index (χ1v) is 8.90. The molecule has 3 rings (SSSR count). The molecule has 0 bridgehead atoms. The van der Waals surface area contributed by atoms with Gasteiger partial charge in [0.15, 0.2) is 5.43 Å². The van der Waals surface area contributed by atoms with Crippen LogP contribution in [0.15, 0.2) is 57.7 Å². The van der Waals surface area contributed by atoms with E-state index in [-0.39, 0.29) is 10.8 Å². The summed E-state index contributed by atoms with van der Waals surface area (Å²) < 4.78 is 29.9. The largest absolute Gasteiger partial charge is 0.491 e. The highest BCUT2D eigenvalue weighted by molar-refractivity contribution is 9.09. The Balaban J connectivity index is 1.75. The molecule has 0 N–H and O–H groups in total. The van der Waals surface area contributed by atoms with Crippen molar-refractivity contribution in [3.63, 3.8) is 0 Å². The SMILES string of the molecule is O=c1cc(-c2ccc(OCCOCCBr)cc2)oc2ccc(F)cc12. The predicted molar refractivity (Wildman–Crippen MR) is 98.0 cm³/mol. The molecule has 1 heterocycles. The van der Waals surface area contributed by atoms with Gasteiger partial charge in [0.1, 0.15) is 29.5 Å². The van der Waals surface area contributed by atoms with Gasteiger partial charge < -0.3 is 13.9 Å². The fourth-order valence-electron chi connectivity index (χ4n) is 2.36. The third kappa shape index (κ3) is 4.46. The first kappa shape index (κ1) is 17.6. The number of alkyl halides is 1. The molecule has 0 aliphatic heterocycles. The van der Waals surface area contributed by atoms with Gasteiger partial charge in [-0.05, 0) is 42.5 Å². The number of hydrogen-bond donors (Lipinski definition) is 0. The fraction of sp³-hybridized carbons (Fsp3) is 0.211. The second-order valence-corrected chi connectivity index (χ2v) is 6.08. The van der Waals surface area contributed by atoms with Gasteiger partial charge in [0.2, 0.25) is 0 Å². The van der Waals surface area contributed by atoms with Crippen molar-refractivity contribution in [2.75, 3.05) is 25.2 Å². The third-order valence-corrected chi connectivity index (χ3v) is 3.87. The van der Waals surface area contributed by atoms with Crippen LogP contribution in [0.2, 0.25) is 0 Å². The average molecular weight is 407 g/mol. The van der Waals surface area contributed by atoms with E-state index < -0.39 is 5.82 Å². The lowest BCUT2D eigenvalue weighted by Crippen LogP contribution is -2.07. The van der Waals surface area contributed by atoms with Crippen LogP contribution in [0.4, 0.5) is 4.39 Å². The van der Waals surface area contributed by atoms with Crippen LogP contribution in [0.25, 0.3) is 22.3 Å². The summed E-state index contributed by atoms with van der Waals surface area (Å²) >= 11 is 3.28. The fourth-order valence-corrected chi connectivity index (χ4v) is 2.59. The second-order valence-electron chi connectivity index (χ2n) is 5.29. The predicted octanol–water partition coefficient (Wildman–Crippen LogP) is 4.39. The molecule has 0 aliphatic carbocycles. The molecule has 1 aromatic heterocycles. The van der Waals surface area contributed by atoms with E-state index in [0.29, 0.717) is 36.9 Å². The van der Waals surface area contributed by atoms with Gasteiger partial charge in [-0.1, -0.05) is 15.9 Å². The topological polar surface area (TPSA) is 48.7 Å². The summed E-state index contributed by atoms with van der Waals surface area (Å²) in [6, 6.07) is 12.5. The molecule has 0 unspecified atom stereocenters. The molecule has 0 spiro atoms. The summed E-state index contributed by atoms with van der Waals surface area (Å²) in [5.41, 5.74) is 0.819. The van der Waals surface area contributed by atoms with E-state index in [1.807, 2.05) is 12.1 Å². The van der Waals surface area contributed by atoms with Crippen LogP contribution in [0.3, 0.4) is 0 Å². The van der Waals surface area contributed by atoms with Crippen molar-refractivity contribution >= 4 is 26.9 Å². The number of halogens is 2. The quantitative estimate of drug-likeness (QED) is 0.431. The lowest BCUT2D eigenvalue weighted by Gasteiger charge is -2.08. The van der Waals surface area contributed by atoms with Crippen LogP contribution in [0, 0.1) is 5.82 Å². The van der Waals surface area contributed by atoms with Crippen molar-refractivity contribution in [1.82, 2.24) is 0 Å². The minimum absolute atomic E-state index is 0.229. The molecule has 3 aromatic rings. The van der Waals surface area contributed by atoms with Gasteiger partial charge in [0.05, 0.1) is 18.6 Å². The Hall–Kier alpha value is -2.18. The maximum atomic E-state index is 13.2. The molecule has 0 atom stereocenters. The van der Waals surface area contributed by atoms with Crippen LogP contribution in [-0.2, 0) is 4.74 Å². The zero-order chi connectivity index (χ0) is 17.6. The lowest BCUT2D eigenvalue weighted by atomic mass is 10.1. The van der Waals surface area contributed by atoms with Gasteiger partial charge in [-0.2, -0.15) is 0 Å². The Bertz CT molecular complexity index is 905. The third-order valence-electron chi connectivity index (χ3n) is 3.55. The zero-order valence-electron chi connectivity index (χ0n) is 13.3. The smallest absolute Gasteiger partial charge is 0.193 e. The van der Waals surface area contributed by atoms with Crippen molar-refractivity contribution in [2.24, 2.45) is 0 Å². The highest BCUT2D eigenvalue weighted by Gasteiger charge is 2.08. The van der Waals surface area contributed by atoms with Gasteiger partial charge in [-0.15, -0.1) is 0 Å². The molecule has 0 radical (unpaired) electrons. The van der Waals surface area contributed by atoms with Crippen molar-refractivity contribution in [1.29, 1.82) is 0 Å². The molecule has 6 heteroatoms. The van der Waals surface area contributed by atoms with Crippen molar-refractivity contribution < 1.29 is 18.3 Å². The maximum Gasteiger partial charge on any atom is 0.193 e. The number of fused-ring (bicyclic) bond motifs is 1. The summed E-state index contributed by atoms with van der Waals surface area (Å²) in [5, 5.41) is 1.03. The van der Waals surface area contributed by atoms with Crippen molar-refractivity contribution in [3.05, 3.63) is 64.6 Å². The highest BCUT2D eigenvalue weighted by Crippen LogP contribution is 2.24. The van der Waals surface area contributed by atoms with Crippen LogP contribution in [0.5, 0.6) is 5.75 Å². The van der Waals surface area contributed by atoms with E-state index in [9.17, 15) is 9.18 Å². The van der Waals surface area contributed by atoms with E-state index in [0.717, 1.165) is 10.9 Å². The summed E-state index contributed by atoms with van der Waals surface area (Å²) in [5.74, 6) is 0.668. The van der Waals surface area contributed by atoms with Gasteiger partial charge >= 0.3 is 0 Å². The summed E-state index contributed by atoms with van der Waals surface area (Å²) in [6.45, 7) is 1.62. The number of rotatable bonds is 7. The number of benzene rings is 2. The summed E-state index contributed by atoms with van der Waals surface area (Å²) in [7, 11) is 0. The van der Waals surface area contributed by atoms with E-state index in [1.54, 1.807) is 12.1 Å². The lowest BCUT2D eigenvalue weighted by molar-refractivity contribution is 0.112. The molecule has 0 saturated carbocycles. The van der Waals surface area contributed by atoms with Crippen LogP contribution in [-0.4, -0.2) is 25.2 Å². The summed E-state index contributed by atoms with van der Waals surface area (Å²) in [6.07, 6.45) is 0.